The number of ether oxygens (including phenoxy) is 11. The number of aliphatic hydroxyl groups is 18. The molecule has 10 rings (SSSR count). The number of aliphatic hydroxyl groups excluding tert-OH is 17. The van der Waals surface area contributed by atoms with Crippen LogP contribution in [0.4, 0.5) is 0 Å². The molecule has 6 aliphatic heterocycles. The van der Waals surface area contributed by atoms with E-state index in [0.29, 0.717) is 19.3 Å². The summed E-state index contributed by atoms with van der Waals surface area (Å²) in [5, 5.41) is 194. The van der Waals surface area contributed by atoms with Crippen LogP contribution < -0.4 is 0 Å². The van der Waals surface area contributed by atoms with E-state index in [1.807, 2.05) is 6.92 Å². The highest BCUT2D eigenvalue weighted by atomic mass is 16.8. The van der Waals surface area contributed by atoms with E-state index in [1.165, 1.54) is 0 Å². The Morgan fingerprint density at radius 1 is 0.588 bits per heavy atom. The van der Waals surface area contributed by atoms with Gasteiger partial charge in [0.15, 0.2) is 37.2 Å². The molecule has 6 heterocycles. The molecule has 36 unspecified atom stereocenters. The predicted octanol–water partition coefficient (Wildman–Crippen LogP) is -6.60. The highest BCUT2D eigenvalue weighted by Gasteiger charge is 2.68. The summed E-state index contributed by atoms with van der Waals surface area (Å²) in [5.74, 6) is -0.960. The zero-order chi connectivity index (χ0) is 61.5. The zero-order valence-corrected chi connectivity index (χ0v) is 48.1. The van der Waals surface area contributed by atoms with Crippen LogP contribution in [0.2, 0.25) is 0 Å². The fourth-order valence-corrected chi connectivity index (χ4v) is 16.3. The Morgan fingerprint density at radius 3 is 1.80 bits per heavy atom. The summed E-state index contributed by atoms with van der Waals surface area (Å²) < 4.78 is 65.4. The van der Waals surface area contributed by atoms with Gasteiger partial charge in [-0.25, -0.2) is 0 Å². The molecule has 0 bridgehead atoms. The van der Waals surface area contributed by atoms with Gasteiger partial charge in [-0.05, 0) is 85.4 Å². The van der Waals surface area contributed by atoms with Crippen LogP contribution in [0.5, 0.6) is 0 Å². The second-order valence-corrected chi connectivity index (χ2v) is 26.4. The molecule has 6 saturated heterocycles. The van der Waals surface area contributed by atoms with E-state index in [-0.39, 0.29) is 60.1 Å². The third-order valence-electron chi connectivity index (χ3n) is 21.3. The van der Waals surface area contributed by atoms with Gasteiger partial charge < -0.3 is 144 Å². The first-order valence-electron chi connectivity index (χ1n) is 30.1. The van der Waals surface area contributed by atoms with Crippen LogP contribution >= 0.6 is 0 Å². The van der Waals surface area contributed by atoms with Gasteiger partial charge in [-0.15, -0.1) is 0 Å². The van der Waals surface area contributed by atoms with Gasteiger partial charge in [-0.1, -0.05) is 39.3 Å². The highest BCUT2D eigenvalue weighted by molar-refractivity contribution is 5.27. The first-order valence-corrected chi connectivity index (χ1v) is 30.1. The molecule has 36 atom stereocenters. The van der Waals surface area contributed by atoms with Crippen molar-refractivity contribution in [1.29, 1.82) is 0 Å². The molecule has 85 heavy (non-hydrogen) atoms. The largest absolute Gasteiger partial charge is 0.394 e. The van der Waals surface area contributed by atoms with Crippen molar-refractivity contribution >= 4 is 0 Å². The molecular formula is C56H92O29. The van der Waals surface area contributed by atoms with Crippen LogP contribution in [0.3, 0.4) is 0 Å². The van der Waals surface area contributed by atoms with Gasteiger partial charge in [-0.2, -0.15) is 0 Å². The molecule has 9 fully saturated rings. The van der Waals surface area contributed by atoms with Crippen LogP contribution in [0.15, 0.2) is 11.6 Å². The maximum absolute atomic E-state index is 12.1. The lowest BCUT2D eigenvalue weighted by Crippen LogP contribution is -2.68. The van der Waals surface area contributed by atoms with Crippen LogP contribution in [0, 0.1) is 46.3 Å². The van der Waals surface area contributed by atoms with Gasteiger partial charge >= 0.3 is 0 Å². The van der Waals surface area contributed by atoms with E-state index in [2.05, 4.69) is 26.8 Å². The fourth-order valence-electron chi connectivity index (χ4n) is 16.3. The monoisotopic (exact) mass is 1230 g/mol. The van der Waals surface area contributed by atoms with Gasteiger partial charge in [0, 0.05) is 12.3 Å². The van der Waals surface area contributed by atoms with Crippen LogP contribution in [-0.2, 0) is 52.1 Å². The lowest BCUT2D eigenvalue weighted by Gasteiger charge is -2.59. The minimum Gasteiger partial charge on any atom is -0.394 e. The summed E-state index contributed by atoms with van der Waals surface area (Å²) in [6.45, 7) is 4.77. The Bertz CT molecular complexity index is 2240. The molecule has 29 heteroatoms. The minimum absolute atomic E-state index is 0.0728. The lowest BCUT2D eigenvalue weighted by molar-refractivity contribution is -0.404. The van der Waals surface area contributed by atoms with Gasteiger partial charge in [0.25, 0.3) is 0 Å². The molecule has 18 N–H and O–H groups in total. The molecule has 0 radical (unpaired) electrons. The zero-order valence-electron chi connectivity index (χ0n) is 48.1. The lowest BCUT2D eigenvalue weighted by atomic mass is 9.46. The van der Waals surface area contributed by atoms with E-state index >= 15 is 0 Å². The summed E-state index contributed by atoms with van der Waals surface area (Å²) in [7, 11) is 0. The van der Waals surface area contributed by atoms with Crippen molar-refractivity contribution in [1.82, 2.24) is 0 Å². The highest BCUT2D eigenvalue weighted by Crippen LogP contribution is 2.70. The molecular weight excluding hydrogens is 1140 g/mol. The molecule has 490 valence electrons. The van der Waals surface area contributed by atoms with Crippen molar-refractivity contribution in [2.24, 2.45) is 46.3 Å². The van der Waals surface area contributed by atoms with Crippen molar-refractivity contribution in [2.75, 3.05) is 39.6 Å². The second kappa shape index (κ2) is 26.3. The summed E-state index contributed by atoms with van der Waals surface area (Å²) in [5.41, 5.74) is 0.462. The summed E-state index contributed by atoms with van der Waals surface area (Å²) in [6.07, 6.45) is -36.9. The van der Waals surface area contributed by atoms with Gasteiger partial charge in [0.1, 0.15) is 116 Å². The standard InChI is InChI=1S/C56H92O29/c1-20(18-75-49-43(71)39(67)36(64)30(14-57)78-49)7-10-56(74)21(2)34-29(85-56)12-25-23-6-5-22-11-28(26(61)13-55(22,4)24(23)8-9-54(25,34)3)77-51-45(73)41(69)46(33(17-60)81-51)82-53-48(84-52-44(72)40(68)37(65)31(15-58)79-52)47(38(66)32(16-59)80-53)83-50-42(70)35(63)27(62)19-76-50/h5,20-21,23-53,57-74H,6-19H2,1-4H3. The topological polar surface area (TPSA) is 466 Å². The van der Waals surface area contributed by atoms with E-state index in [9.17, 15) is 91.9 Å². The van der Waals surface area contributed by atoms with Crippen LogP contribution in [0.25, 0.3) is 0 Å². The first-order chi connectivity index (χ1) is 40.2. The predicted molar refractivity (Wildman–Crippen MR) is 280 cm³/mol. The Labute approximate surface area is 491 Å². The van der Waals surface area contributed by atoms with Gasteiger partial charge in [0.2, 0.25) is 0 Å². The number of fused-ring (bicyclic) bond motifs is 7. The van der Waals surface area contributed by atoms with Gasteiger partial charge in [0.05, 0.1) is 58.0 Å². The second-order valence-electron chi connectivity index (χ2n) is 26.4. The van der Waals surface area contributed by atoms with Crippen molar-refractivity contribution in [3.63, 3.8) is 0 Å². The SMILES string of the molecule is CC(CCC1(O)OC2CC3C4CC=C5CC(OC6OC(CO)C(OC7OC(CO)C(O)C(OC8OCC(O)C(O)C8O)C7OC7OC(CO)C(O)C(O)C7O)C(O)C6O)C(O)CC5(C)C4CCC3(C)C2C1C)COC1OC(CO)C(O)C(O)C1O. The molecule has 0 aromatic rings. The van der Waals surface area contributed by atoms with E-state index < -0.39 is 204 Å². The smallest absolute Gasteiger partial charge is 0.187 e. The van der Waals surface area contributed by atoms with E-state index in [0.717, 1.165) is 31.3 Å². The third kappa shape index (κ3) is 12.2. The minimum atomic E-state index is -2.05. The molecule has 0 aromatic carbocycles. The molecule has 29 nitrogen and oxygen atoms in total. The van der Waals surface area contributed by atoms with Crippen molar-refractivity contribution < 1.29 is 144 Å². The van der Waals surface area contributed by atoms with Crippen molar-refractivity contribution in [3.8, 4) is 0 Å². The number of hydrogen-bond acceptors (Lipinski definition) is 29. The number of allylic oxidation sites excluding steroid dienone is 1. The Balaban J connectivity index is 0.783. The quantitative estimate of drug-likeness (QED) is 0.0567. The molecule has 3 saturated carbocycles. The Hall–Kier alpha value is -1.42. The Kier molecular flexibility index (Phi) is 20.6. The fraction of sp³-hybridized carbons (Fsp3) is 0.964. The number of rotatable bonds is 18. The summed E-state index contributed by atoms with van der Waals surface area (Å²) >= 11 is 0. The number of hydrogen-bond donors (Lipinski definition) is 18. The molecule has 0 spiro atoms. The summed E-state index contributed by atoms with van der Waals surface area (Å²) in [6, 6.07) is 0. The molecule has 0 amide bonds. The summed E-state index contributed by atoms with van der Waals surface area (Å²) in [4.78, 5) is 0. The van der Waals surface area contributed by atoms with Crippen molar-refractivity contribution in [2.45, 2.75) is 251 Å². The first kappa shape index (κ1) is 66.5. The van der Waals surface area contributed by atoms with Crippen molar-refractivity contribution in [3.05, 3.63) is 11.6 Å². The van der Waals surface area contributed by atoms with Gasteiger partial charge in [-0.3, -0.25) is 0 Å². The normalized spacial score (nSPS) is 54.8. The third-order valence-corrected chi connectivity index (χ3v) is 21.3. The average molecular weight is 1230 g/mol. The maximum Gasteiger partial charge on any atom is 0.187 e. The molecule has 0 aromatic heterocycles. The van der Waals surface area contributed by atoms with E-state index in [1.54, 1.807) is 0 Å². The van der Waals surface area contributed by atoms with Crippen LogP contribution in [0.1, 0.15) is 79.1 Å². The average Bonchev–Trinajstić information content (AvgIpc) is 1.73. The molecule has 4 aliphatic carbocycles. The Morgan fingerprint density at radius 2 is 1.14 bits per heavy atom. The van der Waals surface area contributed by atoms with E-state index in [4.69, 9.17) is 52.1 Å². The molecule has 10 aliphatic rings. The maximum atomic E-state index is 12.1. The van der Waals surface area contributed by atoms with Crippen LogP contribution in [-0.4, -0.2) is 303 Å².